The molecule has 1 amide bonds. The third-order valence-electron chi connectivity index (χ3n) is 3.20. The summed E-state index contributed by atoms with van der Waals surface area (Å²) in [5, 5.41) is 2.15. The Morgan fingerprint density at radius 3 is 2.79 bits per heavy atom. The Hall–Kier alpha value is -1.03. The maximum absolute atomic E-state index is 11.8. The SMILES string of the molecule is CC.CCOC(=O)N1CCc2sccc2C(C)(C)C1. The van der Waals surface area contributed by atoms with Crippen molar-refractivity contribution in [1.82, 2.24) is 4.90 Å². The highest BCUT2D eigenvalue weighted by atomic mass is 32.1. The van der Waals surface area contributed by atoms with Crippen molar-refractivity contribution >= 4 is 17.4 Å². The van der Waals surface area contributed by atoms with Gasteiger partial charge in [0, 0.05) is 23.4 Å². The molecule has 0 N–H and O–H groups in total. The van der Waals surface area contributed by atoms with Gasteiger partial charge in [-0.15, -0.1) is 11.3 Å². The Balaban J connectivity index is 0.000000861. The molecule has 0 bridgehead atoms. The minimum Gasteiger partial charge on any atom is -0.450 e. The molecule has 3 nitrogen and oxygen atoms in total. The van der Waals surface area contributed by atoms with E-state index in [1.165, 1.54) is 10.4 Å². The number of rotatable bonds is 1. The second-order valence-electron chi connectivity index (χ2n) is 5.01. The molecule has 108 valence electrons. The van der Waals surface area contributed by atoms with E-state index in [0.29, 0.717) is 6.61 Å². The van der Waals surface area contributed by atoms with Crippen molar-refractivity contribution in [2.24, 2.45) is 0 Å². The van der Waals surface area contributed by atoms with Gasteiger partial charge < -0.3 is 9.64 Å². The molecule has 4 heteroatoms. The van der Waals surface area contributed by atoms with Crippen LogP contribution in [0.15, 0.2) is 11.4 Å². The van der Waals surface area contributed by atoms with Crippen molar-refractivity contribution in [2.45, 2.75) is 46.5 Å². The molecule has 0 aliphatic carbocycles. The second-order valence-corrected chi connectivity index (χ2v) is 6.01. The van der Waals surface area contributed by atoms with E-state index >= 15 is 0 Å². The van der Waals surface area contributed by atoms with Crippen LogP contribution in [0.3, 0.4) is 0 Å². The maximum Gasteiger partial charge on any atom is 0.409 e. The molecule has 0 radical (unpaired) electrons. The van der Waals surface area contributed by atoms with E-state index in [1.54, 1.807) is 11.3 Å². The lowest BCUT2D eigenvalue weighted by Gasteiger charge is -2.29. The topological polar surface area (TPSA) is 29.5 Å². The highest BCUT2D eigenvalue weighted by molar-refractivity contribution is 7.10. The normalized spacial score (nSPS) is 16.8. The van der Waals surface area contributed by atoms with E-state index in [2.05, 4.69) is 25.3 Å². The van der Waals surface area contributed by atoms with Crippen LogP contribution in [0.5, 0.6) is 0 Å². The van der Waals surface area contributed by atoms with Gasteiger partial charge in [0.2, 0.25) is 0 Å². The van der Waals surface area contributed by atoms with Gasteiger partial charge >= 0.3 is 6.09 Å². The minimum atomic E-state index is -0.185. The fourth-order valence-electron chi connectivity index (χ4n) is 2.39. The van der Waals surface area contributed by atoms with Crippen LogP contribution in [0.2, 0.25) is 0 Å². The molecule has 0 unspecified atom stereocenters. The summed E-state index contributed by atoms with van der Waals surface area (Å²) in [6.07, 6.45) is 0.755. The van der Waals surface area contributed by atoms with E-state index < -0.39 is 0 Å². The highest BCUT2D eigenvalue weighted by Crippen LogP contribution is 2.34. The number of hydrogen-bond acceptors (Lipinski definition) is 3. The standard InChI is InChI=1S/C13H19NO2S.C2H6/c1-4-16-12(15)14-7-5-11-10(6-8-17-11)13(2,3)9-14;1-2/h6,8H,4-5,7,9H2,1-3H3;1-2H3. The molecule has 0 spiro atoms. The Kier molecular flexibility index (Phi) is 5.85. The Labute approximate surface area is 120 Å². The summed E-state index contributed by atoms with van der Waals surface area (Å²) < 4.78 is 5.10. The summed E-state index contributed by atoms with van der Waals surface area (Å²) in [7, 11) is 0. The molecule has 1 aromatic rings. The molecule has 0 aromatic carbocycles. The Bertz CT molecular complexity index is 412. The molecule has 0 fully saturated rings. The first-order valence-electron chi connectivity index (χ1n) is 7.03. The van der Waals surface area contributed by atoms with Gasteiger partial charge in [-0.2, -0.15) is 0 Å². The van der Waals surface area contributed by atoms with Crippen molar-refractivity contribution in [3.8, 4) is 0 Å². The van der Waals surface area contributed by atoms with Crippen molar-refractivity contribution < 1.29 is 9.53 Å². The zero-order valence-electron chi connectivity index (χ0n) is 12.7. The number of carbonyl (C=O) groups is 1. The molecule has 0 atom stereocenters. The number of amides is 1. The zero-order chi connectivity index (χ0) is 14.5. The number of carbonyl (C=O) groups excluding carboxylic acids is 1. The van der Waals surface area contributed by atoms with Gasteiger partial charge in [0.25, 0.3) is 0 Å². The summed E-state index contributed by atoms with van der Waals surface area (Å²) in [5.41, 5.74) is 1.40. The van der Waals surface area contributed by atoms with Crippen molar-refractivity contribution in [1.29, 1.82) is 0 Å². The van der Waals surface area contributed by atoms with Crippen LogP contribution in [-0.2, 0) is 16.6 Å². The van der Waals surface area contributed by atoms with Crippen LogP contribution in [0, 0.1) is 0 Å². The third kappa shape index (κ3) is 3.72. The van der Waals surface area contributed by atoms with Crippen LogP contribution in [0.1, 0.15) is 45.1 Å². The first kappa shape index (κ1) is 16.0. The van der Waals surface area contributed by atoms with Crippen molar-refractivity contribution in [2.75, 3.05) is 19.7 Å². The Morgan fingerprint density at radius 1 is 1.47 bits per heavy atom. The lowest BCUT2D eigenvalue weighted by molar-refractivity contribution is 0.101. The number of nitrogens with zero attached hydrogens (tertiary/aromatic N) is 1. The number of hydrogen-bond donors (Lipinski definition) is 0. The predicted molar refractivity (Wildman–Crippen MR) is 81.0 cm³/mol. The van der Waals surface area contributed by atoms with Gasteiger partial charge in [-0.3, -0.25) is 0 Å². The van der Waals surface area contributed by atoms with Gasteiger partial charge in [0.1, 0.15) is 0 Å². The molecule has 1 aliphatic rings. The monoisotopic (exact) mass is 283 g/mol. The number of fused-ring (bicyclic) bond motifs is 1. The van der Waals surface area contributed by atoms with Crippen LogP contribution < -0.4 is 0 Å². The first-order valence-corrected chi connectivity index (χ1v) is 7.91. The quantitative estimate of drug-likeness (QED) is 0.777. The largest absolute Gasteiger partial charge is 0.450 e. The van der Waals surface area contributed by atoms with E-state index in [1.807, 2.05) is 25.7 Å². The summed E-state index contributed by atoms with van der Waals surface area (Å²) in [6.45, 7) is 12.2. The highest BCUT2D eigenvalue weighted by Gasteiger charge is 2.32. The minimum absolute atomic E-state index is 0.0125. The lowest BCUT2D eigenvalue weighted by atomic mass is 9.85. The molecule has 2 rings (SSSR count). The number of ether oxygens (including phenoxy) is 1. The van der Waals surface area contributed by atoms with Crippen molar-refractivity contribution in [3.05, 3.63) is 21.9 Å². The first-order chi connectivity index (χ1) is 9.04. The molecular formula is C15H25NO2S. The lowest BCUT2D eigenvalue weighted by Crippen LogP contribution is -2.40. The molecule has 2 heterocycles. The number of thiophene rings is 1. The van der Waals surface area contributed by atoms with Crippen LogP contribution in [0.25, 0.3) is 0 Å². The summed E-state index contributed by atoms with van der Waals surface area (Å²) in [5.74, 6) is 0. The predicted octanol–water partition coefficient (Wildman–Crippen LogP) is 4.07. The fraction of sp³-hybridized carbons (Fsp3) is 0.667. The summed E-state index contributed by atoms with van der Waals surface area (Å²) >= 11 is 1.79. The van der Waals surface area contributed by atoms with Crippen LogP contribution in [-0.4, -0.2) is 30.7 Å². The molecule has 1 aromatic heterocycles. The fourth-order valence-corrected chi connectivity index (χ4v) is 3.43. The average molecular weight is 283 g/mol. The zero-order valence-corrected chi connectivity index (χ0v) is 13.5. The summed E-state index contributed by atoms with van der Waals surface area (Å²) in [6, 6.07) is 2.19. The average Bonchev–Trinajstić information content (AvgIpc) is 2.82. The molecular weight excluding hydrogens is 258 g/mol. The summed E-state index contributed by atoms with van der Waals surface area (Å²) in [4.78, 5) is 15.1. The van der Waals surface area contributed by atoms with Gasteiger partial charge in [-0.1, -0.05) is 27.7 Å². The maximum atomic E-state index is 11.8. The Morgan fingerprint density at radius 2 is 2.16 bits per heavy atom. The van der Waals surface area contributed by atoms with E-state index in [4.69, 9.17) is 4.74 Å². The molecule has 1 aliphatic heterocycles. The van der Waals surface area contributed by atoms with Gasteiger partial charge in [-0.25, -0.2) is 4.79 Å². The van der Waals surface area contributed by atoms with Gasteiger partial charge in [0.05, 0.1) is 6.61 Å². The molecule has 19 heavy (non-hydrogen) atoms. The van der Waals surface area contributed by atoms with E-state index in [0.717, 1.165) is 19.5 Å². The van der Waals surface area contributed by atoms with E-state index in [9.17, 15) is 4.79 Å². The van der Waals surface area contributed by atoms with Gasteiger partial charge in [-0.05, 0) is 30.4 Å². The van der Waals surface area contributed by atoms with Crippen LogP contribution in [0.4, 0.5) is 4.79 Å². The second kappa shape index (κ2) is 6.94. The smallest absolute Gasteiger partial charge is 0.409 e. The van der Waals surface area contributed by atoms with E-state index in [-0.39, 0.29) is 11.5 Å². The van der Waals surface area contributed by atoms with Crippen molar-refractivity contribution in [3.63, 3.8) is 0 Å². The van der Waals surface area contributed by atoms with Crippen LogP contribution >= 0.6 is 11.3 Å². The van der Waals surface area contributed by atoms with Gasteiger partial charge in [0.15, 0.2) is 0 Å². The molecule has 0 saturated carbocycles. The third-order valence-corrected chi connectivity index (χ3v) is 4.18. The molecule has 0 saturated heterocycles.